The number of hydrazine groups is 1. The molecule has 0 aromatic heterocycles. The van der Waals surface area contributed by atoms with Gasteiger partial charge in [0.1, 0.15) is 11.8 Å². The standard InChI is InChI=1S/C10H15N3/c1-4-9-5-6-10(7-11)13(8-9)12(2)3/h6,8H,4-5H2,1-3H3. The van der Waals surface area contributed by atoms with E-state index in [0.717, 1.165) is 12.8 Å². The van der Waals surface area contributed by atoms with Crippen molar-refractivity contribution in [2.24, 2.45) is 0 Å². The Morgan fingerprint density at radius 1 is 1.62 bits per heavy atom. The van der Waals surface area contributed by atoms with Crippen LogP contribution in [-0.4, -0.2) is 24.1 Å². The van der Waals surface area contributed by atoms with Gasteiger partial charge in [0.2, 0.25) is 0 Å². The maximum atomic E-state index is 8.85. The van der Waals surface area contributed by atoms with Crippen LogP contribution in [0.4, 0.5) is 0 Å². The van der Waals surface area contributed by atoms with Crippen molar-refractivity contribution in [1.29, 1.82) is 5.26 Å². The summed E-state index contributed by atoms with van der Waals surface area (Å²) in [5.41, 5.74) is 2.06. The summed E-state index contributed by atoms with van der Waals surface area (Å²) in [5, 5.41) is 12.6. The number of hydrogen-bond donors (Lipinski definition) is 0. The summed E-state index contributed by atoms with van der Waals surface area (Å²) >= 11 is 0. The molecule has 0 amide bonds. The Morgan fingerprint density at radius 2 is 2.31 bits per heavy atom. The number of rotatable bonds is 2. The first-order chi connectivity index (χ1) is 6.19. The second kappa shape index (κ2) is 4.11. The monoisotopic (exact) mass is 177 g/mol. The maximum Gasteiger partial charge on any atom is 0.131 e. The van der Waals surface area contributed by atoms with Crippen LogP contribution in [-0.2, 0) is 0 Å². The zero-order valence-corrected chi connectivity index (χ0v) is 8.41. The SMILES string of the molecule is CCC1=CN(N(C)C)C(C#N)=CC1. The van der Waals surface area contributed by atoms with Crippen LogP contribution in [0.2, 0.25) is 0 Å². The first kappa shape index (κ1) is 9.82. The van der Waals surface area contributed by atoms with Gasteiger partial charge < -0.3 is 0 Å². The highest BCUT2D eigenvalue weighted by molar-refractivity contribution is 5.28. The molecule has 0 saturated heterocycles. The smallest absolute Gasteiger partial charge is 0.131 e. The van der Waals surface area contributed by atoms with E-state index in [4.69, 9.17) is 5.26 Å². The van der Waals surface area contributed by atoms with E-state index in [2.05, 4.69) is 13.0 Å². The summed E-state index contributed by atoms with van der Waals surface area (Å²) in [5.74, 6) is 0. The van der Waals surface area contributed by atoms with Crippen LogP contribution in [0.5, 0.6) is 0 Å². The molecule has 13 heavy (non-hydrogen) atoms. The lowest BCUT2D eigenvalue weighted by molar-refractivity contribution is 0.127. The van der Waals surface area contributed by atoms with Gasteiger partial charge in [0.05, 0.1) is 0 Å². The number of allylic oxidation sites excluding steroid dienone is 3. The molecule has 1 aliphatic heterocycles. The average molecular weight is 177 g/mol. The van der Waals surface area contributed by atoms with Crippen LogP contribution in [0, 0.1) is 11.3 Å². The van der Waals surface area contributed by atoms with Gasteiger partial charge in [0.15, 0.2) is 0 Å². The van der Waals surface area contributed by atoms with E-state index >= 15 is 0 Å². The van der Waals surface area contributed by atoms with Gasteiger partial charge in [0, 0.05) is 20.3 Å². The summed E-state index contributed by atoms with van der Waals surface area (Å²) < 4.78 is 0. The Bertz CT molecular complexity index is 281. The molecule has 0 aliphatic carbocycles. The van der Waals surface area contributed by atoms with Crippen molar-refractivity contribution in [2.75, 3.05) is 14.1 Å². The molecule has 0 bridgehead atoms. The van der Waals surface area contributed by atoms with Crippen LogP contribution < -0.4 is 0 Å². The average Bonchev–Trinajstić information content (AvgIpc) is 2.16. The second-order valence-electron chi connectivity index (χ2n) is 3.24. The number of hydrogen-bond acceptors (Lipinski definition) is 3. The third-order valence-electron chi connectivity index (χ3n) is 2.11. The summed E-state index contributed by atoms with van der Waals surface area (Å²) in [6.07, 6.45) is 5.96. The third kappa shape index (κ3) is 2.10. The Morgan fingerprint density at radius 3 is 2.77 bits per heavy atom. The van der Waals surface area contributed by atoms with E-state index in [1.54, 1.807) is 0 Å². The van der Waals surface area contributed by atoms with Crippen molar-refractivity contribution in [3.63, 3.8) is 0 Å². The van der Waals surface area contributed by atoms with Crippen molar-refractivity contribution >= 4 is 0 Å². The van der Waals surface area contributed by atoms with Crippen molar-refractivity contribution < 1.29 is 0 Å². The quantitative estimate of drug-likeness (QED) is 0.645. The van der Waals surface area contributed by atoms with Gasteiger partial charge in [-0.1, -0.05) is 6.92 Å². The van der Waals surface area contributed by atoms with E-state index in [1.807, 2.05) is 36.4 Å². The zero-order chi connectivity index (χ0) is 9.84. The molecule has 3 nitrogen and oxygen atoms in total. The largest absolute Gasteiger partial charge is 0.272 e. The molecular weight excluding hydrogens is 162 g/mol. The molecule has 0 radical (unpaired) electrons. The van der Waals surface area contributed by atoms with E-state index in [9.17, 15) is 0 Å². The Hall–Kier alpha value is -1.27. The van der Waals surface area contributed by atoms with Gasteiger partial charge in [-0.2, -0.15) is 5.26 Å². The lowest BCUT2D eigenvalue weighted by atomic mass is 10.1. The Balaban J connectivity index is 2.85. The van der Waals surface area contributed by atoms with Gasteiger partial charge in [-0.3, -0.25) is 5.01 Å². The molecule has 0 aromatic rings. The summed E-state index contributed by atoms with van der Waals surface area (Å²) in [6.45, 7) is 2.13. The van der Waals surface area contributed by atoms with Gasteiger partial charge in [-0.05, 0) is 24.5 Å². The van der Waals surface area contributed by atoms with Crippen molar-refractivity contribution in [1.82, 2.24) is 10.0 Å². The molecule has 70 valence electrons. The fourth-order valence-electron chi connectivity index (χ4n) is 1.28. The Kier molecular flexibility index (Phi) is 3.10. The molecule has 1 rings (SSSR count). The van der Waals surface area contributed by atoms with E-state index in [0.29, 0.717) is 5.70 Å². The molecular formula is C10H15N3. The lowest BCUT2D eigenvalue weighted by Crippen LogP contribution is -2.32. The van der Waals surface area contributed by atoms with Gasteiger partial charge >= 0.3 is 0 Å². The van der Waals surface area contributed by atoms with Crippen molar-refractivity contribution in [2.45, 2.75) is 19.8 Å². The van der Waals surface area contributed by atoms with Gasteiger partial charge in [-0.25, -0.2) is 5.01 Å². The molecule has 0 fully saturated rings. The molecule has 1 aliphatic rings. The molecule has 0 unspecified atom stereocenters. The molecule has 1 heterocycles. The molecule has 0 aromatic carbocycles. The predicted molar refractivity (Wildman–Crippen MR) is 52.2 cm³/mol. The highest BCUT2D eigenvalue weighted by Gasteiger charge is 2.13. The minimum Gasteiger partial charge on any atom is -0.272 e. The maximum absolute atomic E-state index is 8.85. The Labute approximate surface area is 79.5 Å². The van der Waals surface area contributed by atoms with Gasteiger partial charge in [-0.15, -0.1) is 0 Å². The van der Waals surface area contributed by atoms with Crippen LogP contribution >= 0.6 is 0 Å². The number of nitrogens with zero attached hydrogens (tertiary/aromatic N) is 3. The number of nitriles is 1. The fourth-order valence-corrected chi connectivity index (χ4v) is 1.28. The lowest BCUT2D eigenvalue weighted by Gasteiger charge is -2.29. The molecule has 0 spiro atoms. The fraction of sp³-hybridized carbons (Fsp3) is 0.500. The normalized spacial score (nSPS) is 16.7. The van der Waals surface area contributed by atoms with E-state index < -0.39 is 0 Å². The molecule has 0 N–H and O–H groups in total. The third-order valence-corrected chi connectivity index (χ3v) is 2.11. The molecule has 3 heteroatoms. The van der Waals surface area contributed by atoms with Crippen LogP contribution in [0.1, 0.15) is 19.8 Å². The van der Waals surface area contributed by atoms with E-state index in [1.165, 1.54) is 5.57 Å². The predicted octanol–water partition coefficient (Wildman–Crippen LogP) is 1.87. The van der Waals surface area contributed by atoms with Crippen molar-refractivity contribution in [3.05, 3.63) is 23.5 Å². The highest BCUT2D eigenvalue weighted by atomic mass is 15.6. The summed E-state index contributed by atoms with van der Waals surface area (Å²) in [4.78, 5) is 0. The van der Waals surface area contributed by atoms with Crippen LogP contribution in [0.3, 0.4) is 0 Å². The first-order valence-corrected chi connectivity index (χ1v) is 4.45. The van der Waals surface area contributed by atoms with Gasteiger partial charge in [0.25, 0.3) is 0 Å². The molecule has 0 atom stereocenters. The first-order valence-electron chi connectivity index (χ1n) is 4.45. The van der Waals surface area contributed by atoms with Crippen LogP contribution in [0.15, 0.2) is 23.5 Å². The highest BCUT2D eigenvalue weighted by Crippen LogP contribution is 2.20. The zero-order valence-electron chi connectivity index (χ0n) is 8.41. The second-order valence-corrected chi connectivity index (χ2v) is 3.24. The van der Waals surface area contributed by atoms with Crippen LogP contribution in [0.25, 0.3) is 0 Å². The minimum atomic E-state index is 0.710. The van der Waals surface area contributed by atoms with E-state index in [-0.39, 0.29) is 0 Å². The van der Waals surface area contributed by atoms with Crippen molar-refractivity contribution in [3.8, 4) is 6.07 Å². The minimum absolute atomic E-state index is 0.710. The summed E-state index contributed by atoms with van der Waals surface area (Å²) in [7, 11) is 3.86. The summed E-state index contributed by atoms with van der Waals surface area (Å²) in [6, 6.07) is 2.18. The molecule has 0 saturated carbocycles. The topological polar surface area (TPSA) is 30.3 Å².